The Balaban J connectivity index is 0.817. The molecule has 6 fully saturated rings. The van der Waals surface area contributed by atoms with Crippen LogP contribution < -0.4 is 10.6 Å². The molecule has 10 rings (SSSR count). The summed E-state index contributed by atoms with van der Waals surface area (Å²) >= 11 is 6.82. The minimum Gasteiger partial charge on any atom is -0.453 e. The van der Waals surface area contributed by atoms with Gasteiger partial charge in [-0.1, -0.05) is 60.1 Å². The van der Waals surface area contributed by atoms with Crippen molar-refractivity contribution in [3.05, 3.63) is 71.5 Å². The zero-order valence-corrected chi connectivity index (χ0v) is 36.1. The van der Waals surface area contributed by atoms with Gasteiger partial charge in [-0.25, -0.2) is 19.6 Å². The number of H-pyrrole nitrogens is 2. The Morgan fingerprint density at radius 3 is 1.68 bits per heavy atom. The van der Waals surface area contributed by atoms with Crippen molar-refractivity contribution in [1.29, 1.82) is 0 Å². The zero-order valence-electron chi connectivity index (χ0n) is 35.4. The highest BCUT2D eigenvalue weighted by molar-refractivity contribution is 6.32. The van der Waals surface area contributed by atoms with Crippen LogP contribution in [0.2, 0.25) is 5.15 Å². The fourth-order valence-corrected chi connectivity index (χ4v) is 10.8. The second-order valence-corrected chi connectivity index (χ2v) is 18.3. The summed E-state index contributed by atoms with van der Waals surface area (Å²) in [7, 11) is 2.61. The zero-order chi connectivity index (χ0) is 43.4. The van der Waals surface area contributed by atoms with Crippen molar-refractivity contribution in [3.8, 4) is 33.6 Å². The van der Waals surface area contributed by atoms with Gasteiger partial charge in [-0.3, -0.25) is 9.59 Å². The first-order valence-electron chi connectivity index (χ1n) is 22.2. The van der Waals surface area contributed by atoms with Crippen LogP contribution in [0.4, 0.5) is 9.59 Å². The number of rotatable bonds is 11. The molecule has 2 saturated carbocycles. The van der Waals surface area contributed by atoms with Gasteiger partial charge in [0.2, 0.25) is 11.8 Å². The van der Waals surface area contributed by atoms with Crippen molar-refractivity contribution >= 4 is 35.6 Å². The number of hydrogen-bond donors (Lipinski definition) is 4. The van der Waals surface area contributed by atoms with Gasteiger partial charge in [0.15, 0.2) is 0 Å². The van der Waals surface area contributed by atoms with Crippen molar-refractivity contribution in [1.82, 2.24) is 40.4 Å². The predicted octanol–water partition coefficient (Wildman–Crippen LogP) is 6.41. The molecule has 4 aliphatic heterocycles. The molecule has 16 nitrogen and oxygen atoms in total. The molecule has 0 radical (unpaired) electrons. The van der Waals surface area contributed by atoms with E-state index < -0.39 is 24.3 Å². The summed E-state index contributed by atoms with van der Waals surface area (Å²) in [6, 6.07) is 14.6. The molecule has 17 heteroatoms. The number of methoxy groups -OCH3 is 2. The van der Waals surface area contributed by atoms with Crippen LogP contribution in [-0.4, -0.2) is 119 Å². The summed E-state index contributed by atoms with van der Waals surface area (Å²) in [4.78, 5) is 73.5. The van der Waals surface area contributed by atoms with Crippen LogP contribution in [0.15, 0.2) is 54.7 Å². The molecule has 2 aliphatic carbocycles. The number of halogens is 1. The van der Waals surface area contributed by atoms with E-state index in [1.54, 1.807) is 0 Å². The van der Waals surface area contributed by atoms with Gasteiger partial charge in [0.1, 0.15) is 34.6 Å². The maximum atomic E-state index is 14.2. The first-order chi connectivity index (χ1) is 30.7. The van der Waals surface area contributed by atoms with Crippen LogP contribution in [0.25, 0.3) is 33.6 Å². The maximum Gasteiger partial charge on any atom is 0.407 e. The second-order valence-electron chi connectivity index (χ2n) is 17.9. The van der Waals surface area contributed by atoms with Crippen molar-refractivity contribution in [2.75, 3.05) is 40.6 Å². The van der Waals surface area contributed by atoms with Gasteiger partial charge in [-0.2, -0.15) is 0 Å². The van der Waals surface area contributed by atoms with Crippen LogP contribution in [0.3, 0.4) is 0 Å². The first-order valence-corrected chi connectivity index (χ1v) is 22.6. The van der Waals surface area contributed by atoms with Gasteiger partial charge in [0, 0.05) is 42.7 Å². The third-order valence-corrected chi connectivity index (χ3v) is 14.4. The lowest BCUT2D eigenvalue weighted by Gasteiger charge is -2.35. The summed E-state index contributed by atoms with van der Waals surface area (Å²) in [5, 5.41) is 6.04. The summed E-state index contributed by atoms with van der Waals surface area (Å²) in [5.41, 5.74) is 5.32. The first kappa shape index (κ1) is 41.6. The maximum absolute atomic E-state index is 14.2. The highest BCUT2D eigenvalue weighted by Gasteiger charge is 2.58. The van der Waals surface area contributed by atoms with Crippen molar-refractivity contribution < 1.29 is 38.1 Å². The second kappa shape index (κ2) is 17.3. The highest BCUT2D eigenvalue weighted by atomic mass is 35.5. The van der Waals surface area contributed by atoms with E-state index in [4.69, 9.17) is 40.5 Å². The van der Waals surface area contributed by atoms with E-state index in [1.165, 1.54) is 14.2 Å². The van der Waals surface area contributed by atoms with Crippen molar-refractivity contribution in [3.63, 3.8) is 0 Å². The molecule has 2 aromatic carbocycles. The van der Waals surface area contributed by atoms with Gasteiger partial charge in [-0.15, -0.1) is 0 Å². The minimum atomic E-state index is -0.756. The molecule has 4 saturated heterocycles. The lowest BCUT2D eigenvalue weighted by atomic mass is 9.92. The number of aromatic nitrogens is 4. The smallest absolute Gasteiger partial charge is 0.407 e. The number of benzene rings is 2. The van der Waals surface area contributed by atoms with E-state index in [0.29, 0.717) is 54.9 Å². The van der Waals surface area contributed by atoms with Gasteiger partial charge in [0.25, 0.3) is 0 Å². The number of amides is 4. The van der Waals surface area contributed by atoms with Gasteiger partial charge in [0.05, 0.1) is 51.4 Å². The Morgan fingerprint density at radius 2 is 1.19 bits per heavy atom. The standard InChI is InChI=1S/C46H53ClN8O8/c1-60-45(58)51-38(28-5-3-15-62-22-28)43(56)54-33-17-30(33)19-35(54)41-48-21-32(49-41)26-11-7-24(8-12-26)25-9-13-27(14-10-25)37-40(47)53-42(50-37)36-20-31-18-34(31)55(36)44(57)39(52-46(59)61-2)29-6-4-16-63-23-29/h7-14,21,28-31,33-36,38-39H,3-6,15-20,22-23H2,1-2H3,(H,48,49)(H,50,53)(H,51,58)(H,52,59)/t28-,29-,30+,31+,33+,34+,35-,36-,38-,39?/m0/s1. The number of aromatic amines is 2. The summed E-state index contributed by atoms with van der Waals surface area (Å²) in [6.07, 6.45) is 7.27. The van der Waals surface area contributed by atoms with E-state index in [2.05, 4.69) is 44.9 Å². The Bertz CT molecular complexity index is 2340. The van der Waals surface area contributed by atoms with E-state index >= 15 is 0 Å². The molecule has 2 aromatic heterocycles. The Labute approximate surface area is 370 Å². The summed E-state index contributed by atoms with van der Waals surface area (Å²) in [6.45, 7) is 2.12. The molecule has 0 bridgehead atoms. The number of ether oxygens (including phenoxy) is 4. The molecule has 4 N–H and O–H groups in total. The largest absolute Gasteiger partial charge is 0.453 e. The van der Waals surface area contributed by atoms with E-state index in [-0.39, 0.29) is 47.8 Å². The van der Waals surface area contributed by atoms with Crippen molar-refractivity contribution in [2.24, 2.45) is 23.7 Å². The number of hydrogen-bond acceptors (Lipinski definition) is 10. The van der Waals surface area contributed by atoms with Crippen LogP contribution in [0.5, 0.6) is 0 Å². The quantitative estimate of drug-likeness (QED) is 0.131. The number of imidazole rings is 2. The van der Waals surface area contributed by atoms with Crippen LogP contribution in [0.1, 0.15) is 75.1 Å². The number of piperidine rings is 2. The Morgan fingerprint density at radius 1 is 0.698 bits per heavy atom. The third kappa shape index (κ3) is 8.17. The molecule has 10 atom stereocenters. The minimum absolute atomic E-state index is 0.0966. The lowest BCUT2D eigenvalue weighted by Crippen LogP contribution is -2.54. The molecule has 1 unspecified atom stereocenters. The SMILES string of the molecule is COC(=O)NC(C(=O)N1[C@@H]2C[C@@H]2C[C@H]1c1nc(-c2ccc(-c3ccc(-c4cnc([C@@H]5C[C@H]6C[C@H]6N5C(=O)[C@@H](NC(=O)OC)[C@H]5CCCOC5)[nH]4)cc3)cc2)c(Cl)[nH]1)[C@H]1CCCOC1. The van der Waals surface area contributed by atoms with Crippen LogP contribution >= 0.6 is 11.6 Å². The summed E-state index contributed by atoms with van der Waals surface area (Å²) in [5.74, 6) is 1.64. The number of fused-ring (bicyclic) bond motifs is 2. The molecule has 332 valence electrons. The molecule has 4 aromatic rings. The van der Waals surface area contributed by atoms with Gasteiger partial charge < -0.3 is 49.3 Å². The van der Waals surface area contributed by atoms with Crippen LogP contribution in [0, 0.1) is 23.7 Å². The average Bonchev–Trinajstić information content (AvgIpc) is 3.97. The molecule has 6 heterocycles. The van der Waals surface area contributed by atoms with Gasteiger partial charge in [-0.05, 0) is 79.9 Å². The molecule has 0 spiro atoms. The van der Waals surface area contributed by atoms with Crippen molar-refractivity contribution in [2.45, 2.75) is 87.6 Å². The number of carbonyl (C=O) groups is 4. The van der Waals surface area contributed by atoms with Gasteiger partial charge >= 0.3 is 12.2 Å². The number of likely N-dealkylation sites (tertiary alicyclic amines) is 2. The predicted molar refractivity (Wildman–Crippen MR) is 230 cm³/mol. The third-order valence-electron chi connectivity index (χ3n) is 14.1. The molecular weight excluding hydrogens is 828 g/mol. The molecular formula is C46H53ClN8O8. The fraction of sp³-hybridized carbons (Fsp3) is 0.522. The van der Waals surface area contributed by atoms with E-state index in [1.807, 2.05) is 40.3 Å². The van der Waals surface area contributed by atoms with E-state index in [0.717, 1.165) is 85.1 Å². The monoisotopic (exact) mass is 880 g/mol. The highest BCUT2D eigenvalue weighted by Crippen LogP contribution is 2.55. The number of nitrogens with zero attached hydrogens (tertiary/aromatic N) is 4. The molecule has 63 heavy (non-hydrogen) atoms. The Hall–Kier alpha value is -5.45. The van der Waals surface area contributed by atoms with E-state index in [9.17, 15) is 19.2 Å². The topological polar surface area (TPSA) is 193 Å². The fourth-order valence-electron chi connectivity index (χ4n) is 10.6. The van der Waals surface area contributed by atoms with Crippen LogP contribution in [-0.2, 0) is 28.5 Å². The molecule has 4 amide bonds. The lowest BCUT2D eigenvalue weighted by molar-refractivity contribution is -0.139. The Kier molecular flexibility index (Phi) is 11.4. The molecule has 6 aliphatic rings. The number of nitrogens with one attached hydrogen (secondary N) is 4. The number of alkyl carbamates (subject to hydrolysis) is 2. The average molecular weight is 881 g/mol. The normalized spacial score (nSPS) is 28.0. The number of carbonyl (C=O) groups excluding carboxylic acids is 4. The summed E-state index contributed by atoms with van der Waals surface area (Å²) < 4.78 is 21.2.